The third kappa shape index (κ3) is 4.95. The molecule has 148 valence electrons. The predicted molar refractivity (Wildman–Crippen MR) is 97.3 cm³/mol. The normalized spacial score (nSPS) is 14.3. The molecule has 2 aromatic rings. The van der Waals surface area contributed by atoms with E-state index in [2.05, 4.69) is 10.1 Å². The second-order valence-electron chi connectivity index (χ2n) is 6.18. The first-order valence-electron chi connectivity index (χ1n) is 8.46. The molecule has 28 heavy (non-hydrogen) atoms. The Kier molecular flexibility index (Phi) is 5.79. The molecule has 0 aliphatic carbocycles. The second kappa shape index (κ2) is 8.10. The maximum Gasteiger partial charge on any atom is 0.573 e. The SMILES string of the molecule is O=C(NCc1ccc(OC(F)(F)F)cc1)c1ccc(Cl)cc1N1CCCC1=O. The van der Waals surface area contributed by atoms with Gasteiger partial charge in [0.25, 0.3) is 5.91 Å². The van der Waals surface area contributed by atoms with Crippen LogP contribution in [0.25, 0.3) is 0 Å². The van der Waals surface area contributed by atoms with Crippen LogP contribution < -0.4 is 15.0 Å². The number of benzene rings is 2. The van der Waals surface area contributed by atoms with Crippen LogP contribution in [0.2, 0.25) is 5.02 Å². The Hall–Kier alpha value is -2.74. The lowest BCUT2D eigenvalue weighted by molar-refractivity contribution is -0.274. The van der Waals surface area contributed by atoms with Crippen LogP contribution in [-0.4, -0.2) is 24.7 Å². The maximum absolute atomic E-state index is 12.6. The Morgan fingerprint density at radius 1 is 1.18 bits per heavy atom. The van der Waals surface area contributed by atoms with E-state index in [0.29, 0.717) is 41.2 Å². The van der Waals surface area contributed by atoms with E-state index < -0.39 is 12.3 Å². The van der Waals surface area contributed by atoms with E-state index in [1.807, 2.05) is 0 Å². The first kappa shape index (κ1) is 20.0. The molecule has 2 amide bonds. The second-order valence-corrected chi connectivity index (χ2v) is 6.62. The predicted octanol–water partition coefficient (Wildman–Crippen LogP) is 4.30. The molecule has 2 aromatic carbocycles. The number of hydrogen-bond acceptors (Lipinski definition) is 3. The van der Waals surface area contributed by atoms with Crippen molar-refractivity contribution in [1.82, 2.24) is 5.32 Å². The number of ether oxygens (including phenoxy) is 1. The molecule has 5 nitrogen and oxygen atoms in total. The zero-order valence-corrected chi connectivity index (χ0v) is 15.3. The molecule has 1 fully saturated rings. The van der Waals surface area contributed by atoms with E-state index in [9.17, 15) is 22.8 Å². The van der Waals surface area contributed by atoms with Crippen LogP contribution in [-0.2, 0) is 11.3 Å². The van der Waals surface area contributed by atoms with Crippen molar-refractivity contribution in [3.63, 3.8) is 0 Å². The number of halogens is 4. The third-order valence-electron chi connectivity index (χ3n) is 4.18. The van der Waals surface area contributed by atoms with Crippen LogP contribution in [0, 0.1) is 0 Å². The summed E-state index contributed by atoms with van der Waals surface area (Å²) in [6.45, 7) is 0.612. The van der Waals surface area contributed by atoms with E-state index in [1.165, 1.54) is 29.2 Å². The van der Waals surface area contributed by atoms with E-state index in [1.54, 1.807) is 18.2 Å². The summed E-state index contributed by atoms with van der Waals surface area (Å²) < 4.78 is 40.4. The highest BCUT2D eigenvalue weighted by Gasteiger charge is 2.31. The Balaban J connectivity index is 1.69. The van der Waals surface area contributed by atoms with E-state index in [-0.39, 0.29) is 18.2 Å². The molecule has 0 bridgehead atoms. The average molecular weight is 413 g/mol. The molecule has 0 spiro atoms. The number of amides is 2. The molecular weight excluding hydrogens is 397 g/mol. The standard InChI is InChI=1S/C19H16ClF3N2O3/c20-13-5-8-15(16(10-13)25-9-1-2-17(25)26)18(27)24-11-12-3-6-14(7-4-12)28-19(21,22)23/h3-8,10H,1-2,9,11H2,(H,24,27). The molecule has 0 atom stereocenters. The molecule has 0 aromatic heterocycles. The molecule has 1 heterocycles. The van der Waals surface area contributed by atoms with Gasteiger partial charge in [-0.05, 0) is 42.3 Å². The fourth-order valence-corrected chi connectivity index (χ4v) is 3.08. The number of hydrogen-bond donors (Lipinski definition) is 1. The summed E-state index contributed by atoms with van der Waals surface area (Å²) in [5.74, 6) is -0.825. The molecule has 1 aliphatic heterocycles. The van der Waals surface area contributed by atoms with Crippen molar-refractivity contribution >= 4 is 29.1 Å². The first-order valence-corrected chi connectivity index (χ1v) is 8.83. The number of rotatable bonds is 5. The van der Waals surface area contributed by atoms with Crippen LogP contribution in [0.15, 0.2) is 42.5 Å². The van der Waals surface area contributed by atoms with Gasteiger partial charge in [0.05, 0.1) is 11.3 Å². The molecule has 0 radical (unpaired) electrons. The lowest BCUT2D eigenvalue weighted by Crippen LogP contribution is -2.29. The first-order chi connectivity index (χ1) is 13.2. The van der Waals surface area contributed by atoms with Gasteiger partial charge in [0.2, 0.25) is 5.91 Å². The highest BCUT2D eigenvalue weighted by atomic mass is 35.5. The van der Waals surface area contributed by atoms with Crippen LogP contribution in [0.1, 0.15) is 28.8 Å². The van der Waals surface area contributed by atoms with E-state index in [4.69, 9.17) is 11.6 Å². The minimum atomic E-state index is -4.76. The molecule has 0 saturated carbocycles. The maximum atomic E-state index is 12.6. The molecule has 9 heteroatoms. The summed E-state index contributed by atoms with van der Waals surface area (Å²) >= 11 is 6.02. The number of nitrogens with zero attached hydrogens (tertiary/aromatic N) is 1. The van der Waals surface area contributed by atoms with Gasteiger partial charge in [-0.25, -0.2) is 0 Å². The number of anilines is 1. The Labute approximate surface area is 164 Å². The zero-order valence-electron chi connectivity index (χ0n) is 14.6. The van der Waals surface area contributed by atoms with Crippen molar-refractivity contribution in [3.8, 4) is 5.75 Å². The quantitative estimate of drug-likeness (QED) is 0.796. The van der Waals surface area contributed by atoms with Crippen molar-refractivity contribution in [3.05, 3.63) is 58.6 Å². The minimum Gasteiger partial charge on any atom is -0.406 e. The topological polar surface area (TPSA) is 58.6 Å². The van der Waals surface area contributed by atoms with E-state index in [0.717, 1.165) is 0 Å². The largest absolute Gasteiger partial charge is 0.573 e. The number of nitrogens with one attached hydrogen (secondary N) is 1. The van der Waals surface area contributed by atoms with Crippen molar-refractivity contribution in [2.24, 2.45) is 0 Å². The van der Waals surface area contributed by atoms with Gasteiger partial charge >= 0.3 is 6.36 Å². The van der Waals surface area contributed by atoms with Gasteiger partial charge in [-0.2, -0.15) is 0 Å². The van der Waals surface area contributed by atoms with Gasteiger partial charge < -0.3 is 15.0 Å². The van der Waals surface area contributed by atoms with E-state index >= 15 is 0 Å². The molecule has 1 aliphatic rings. The Morgan fingerprint density at radius 2 is 1.89 bits per heavy atom. The van der Waals surface area contributed by atoms with Gasteiger partial charge in [0.15, 0.2) is 0 Å². The van der Waals surface area contributed by atoms with Gasteiger partial charge in [0.1, 0.15) is 5.75 Å². The van der Waals surface area contributed by atoms with Gasteiger partial charge in [-0.1, -0.05) is 23.7 Å². The number of alkyl halides is 3. The lowest BCUT2D eigenvalue weighted by Gasteiger charge is -2.20. The van der Waals surface area contributed by atoms with Gasteiger partial charge in [0, 0.05) is 24.5 Å². The van der Waals surface area contributed by atoms with Crippen molar-refractivity contribution in [2.75, 3.05) is 11.4 Å². The third-order valence-corrected chi connectivity index (χ3v) is 4.41. The van der Waals surface area contributed by atoms with Crippen molar-refractivity contribution < 1.29 is 27.5 Å². The van der Waals surface area contributed by atoms with Crippen molar-refractivity contribution in [2.45, 2.75) is 25.7 Å². The van der Waals surface area contributed by atoms with Crippen LogP contribution in [0.3, 0.4) is 0 Å². The highest BCUT2D eigenvalue weighted by molar-refractivity contribution is 6.31. The monoisotopic (exact) mass is 412 g/mol. The molecule has 3 rings (SSSR count). The fraction of sp³-hybridized carbons (Fsp3) is 0.263. The van der Waals surface area contributed by atoms with Crippen LogP contribution >= 0.6 is 11.6 Å². The molecule has 1 saturated heterocycles. The highest BCUT2D eigenvalue weighted by Crippen LogP contribution is 2.29. The zero-order chi connectivity index (χ0) is 20.3. The molecule has 1 N–H and O–H groups in total. The van der Waals surface area contributed by atoms with Crippen molar-refractivity contribution in [1.29, 1.82) is 0 Å². The Morgan fingerprint density at radius 3 is 2.50 bits per heavy atom. The average Bonchev–Trinajstić information content (AvgIpc) is 3.05. The summed E-state index contributed by atoms with van der Waals surface area (Å²) in [5.41, 5.74) is 1.34. The summed E-state index contributed by atoms with van der Waals surface area (Å²) in [4.78, 5) is 26.2. The smallest absolute Gasteiger partial charge is 0.406 e. The van der Waals surface area contributed by atoms with Gasteiger partial charge in [-0.15, -0.1) is 13.2 Å². The summed E-state index contributed by atoms with van der Waals surface area (Å²) in [6, 6.07) is 9.87. The summed E-state index contributed by atoms with van der Waals surface area (Å²) in [7, 11) is 0. The summed E-state index contributed by atoms with van der Waals surface area (Å²) in [5, 5.41) is 3.11. The fourth-order valence-electron chi connectivity index (χ4n) is 2.91. The molecule has 0 unspecified atom stereocenters. The summed E-state index contributed by atoms with van der Waals surface area (Å²) in [6.07, 6.45) is -3.63. The molecular formula is C19H16ClF3N2O3. The van der Waals surface area contributed by atoms with Crippen LogP contribution in [0.5, 0.6) is 5.75 Å². The number of carbonyl (C=O) groups excluding carboxylic acids is 2. The number of carbonyl (C=O) groups is 2. The lowest BCUT2D eigenvalue weighted by atomic mass is 10.1. The van der Waals surface area contributed by atoms with Crippen LogP contribution in [0.4, 0.5) is 18.9 Å². The Bertz CT molecular complexity index is 885. The van der Waals surface area contributed by atoms with Gasteiger partial charge in [-0.3, -0.25) is 9.59 Å². The minimum absolute atomic E-state index is 0.0726.